The van der Waals surface area contributed by atoms with Crippen LogP contribution in [0.1, 0.15) is 11.1 Å². The minimum atomic E-state index is -4.68. The largest absolute Gasteiger partial charge is 0.417 e. The lowest BCUT2D eigenvalue weighted by atomic mass is 10.1. The van der Waals surface area contributed by atoms with Crippen LogP contribution in [-0.2, 0) is 11.0 Å². The van der Waals surface area contributed by atoms with E-state index in [1.165, 1.54) is 11.3 Å². The number of carbonyl (C=O) groups is 1. The molecule has 1 aliphatic rings. The first-order valence-electron chi connectivity index (χ1n) is 8.45. The number of aromatic nitrogens is 1. The summed E-state index contributed by atoms with van der Waals surface area (Å²) in [6, 6.07) is 5.91. The number of alkyl halides is 3. The Morgan fingerprint density at radius 1 is 1.36 bits per heavy atom. The SMILES string of the molecule is CN1CCN(C(=O)CSc2nc(-c3cccs3)cc(C(F)(F)F)c2C#N)CC1. The second-order valence-electron chi connectivity index (χ2n) is 6.29. The molecule has 3 heterocycles. The number of likely N-dealkylation sites (N-methyl/N-ethyl adjacent to an activating group) is 1. The predicted molar refractivity (Wildman–Crippen MR) is 102 cm³/mol. The highest BCUT2D eigenvalue weighted by atomic mass is 32.2. The number of carbonyl (C=O) groups excluding carboxylic acids is 1. The smallest absolute Gasteiger partial charge is 0.339 e. The summed E-state index contributed by atoms with van der Waals surface area (Å²) in [5.74, 6) is -0.227. The van der Waals surface area contributed by atoms with Gasteiger partial charge in [0.15, 0.2) is 0 Å². The van der Waals surface area contributed by atoms with Crippen LogP contribution in [0.3, 0.4) is 0 Å². The van der Waals surface area contributed by atoms with Gasteiger partial charge in [-0.25, -0.2) is 4.98 Å². The third kappa shape index (κ3) is 4.66. The Morgan fingerprint density at radius 3 is 2.64 bits per heavy atom. The van der Waals surface area contributed by atoms with Crippen molar-refractivity contribution in [2.75, 3.05) is 39.0 Å². The number of halogens is 3. The molecule has 28 heavy (non-hydrogen) atoms. The number of piperazine rings is 1. The number of hydrogen-bond acceptors (Lipinski definition) is 6. The Kier molecular flexibility index (Phi) is 6.27. The molecule has 0 bridgehead atoms. The zero-order chi connectivity index (χ0) is 20.3. The van der Waals surface area contributed by atoms with E-state index in [0.717, 1.165) is 30.9 Å². The maximum atomic E-state index is 13.5. The fourth-order valence-electron chi connectivity index (χ4n) is 2.79. The van der Waals surface area contributed by atoms with Crippen molar-refractivity contribution in [2.45, 2.75) is 11.2 Å². The molecule has 0 aliphatic carbocycles. The quantitative estimate of drug-likeness (QED) is 0.700. The van der Waals surface area contributed by atoms with Gasteiger partial charge in [0.2, 0.25) is 5.91 Å². The molecule has 0 spiro atoms. The molecule has 1 fully saturated rings. The summed E-state index contributed by atoms with van der Waals surface area (Å²) in [5.41, 5.74) is -1.41. The Bertz CT molecular complexity index is 885. The van der Waals surface area contributed by atoms with Crippen LogP contribution in [0.2, 0.25) is 0 Å². The Balaban J connectivity index is 1.87. The molecular weight excluding hydrogens is 409 g/mol. The number of nitriles is 1. The van der Waals surface area contributed by atoms with Gasteiger partial charge in [0.1, 0.15) is 11.1 Å². The molecular formula is C18H17F3N4OS2. The van der Waals surface area contributed by atoms with Gasteiger partial charge in [-0.3, -0.25) is 4.79 Å². The lowest BCUT2D eigenvalue weighted by molar-refractivity contribution is -0.138. The van der Waals surface area contributed by atoms with Gasteiger partial charge in [-0.2, -0.15) is 18.4 Å². The topological polar surface area (TPSA) is 60.2 Å². The van der Waals surface area contributed by atoms with E-state index in [-0.39, 0.29) is 22.4 Å². The summed E-state index contributed by atoms with van der Waals surface area (Å²) >= 11 is 2.15. The second-order valence-corrected chi connectivity index (χ2v) is 8.21. The van der Waals surface area contributed by atoms with Crippen molar-refractivity contribution in [1.82, 2.24) is 14.8 Å². The summed E-state index contributed by atoms with van der Waals surface area (Å²) in [7, 11) is 1.97. The van der Waals surface area contributed by atoms with E-state index in [4.69, 9.17) is 0 Å². The van der Waals surface area contributed by atoms with Crippen LogP contribution in [0.4, 0.5) is 13.2 Å². The average Bonchev–Trinajstić information content (AvgIpc) is 3.20. The van der Waals surface area contributed by atoms with Crippen molar-refractivity contribution in [2.24, 2.45) is 0 Å². The molecule has 0 aromatic carbocycles. The maximum absolute atomic E-state index is 13.5. The lowest BCUT2D eigenvalue weighted by Crippen LogP contribution is -2.47. The Hall–Kier alpha value is -2.09. The zero-order valence-electron chi connectivity index (χ0n) is 15.0. The fourth-order valence-corrected chi connectivity index (χ4v) is 4.38. The molecule has 1 aliphatic heterocycles. The van der Waals surface area contributed by atoms with E-state index < -0.39 is 17.3 Å². The lowest BCUT2D eigenvalue weighted by Gasteiger charge is -2.32. The van der Waals surface area contributed by atoms with E-state index in [9.17, 15) is 23.2 Å². The Morgan fingerprint density at radius 2 is 2.07 bits per heavy atom. The summed E-state index contributed by atoms with van der Waals surface area (Å²) in [6.07, 6.45) is -4.68. The van der Waals surface area contributed by atoms with Gasteiger partial charge in [-0.15, -0.1) is 11.3 Å². The van der Waals surface area contributed by atoms with Crippen molar-refractivity contribution in [3.63, 3.8) is 0 Å². The van der Waals surface area contributed by atoms with E-state index in [1.807, 2.05) is 7.05 Å². The molecule has 0 N–H and O–H groups in total. The maximum Gasteiger partial charge on any atom is 0.417 e. The van der Waals surface area contributed by atoms with Gasteiger partial charge in [0.05, 0.1) is 27.5 Å². The molecule has 148 valence electrons. The number of thioether (sulfide) groups is 1. The predicted octanol–water partition coefficient (Wildman–Crippen LogP) is 3.57. The van der Waals surface area contributed by atoms with Crippen LogP contribution in [-0.4, -0.2) is 59.7 Å². The summed E-state index contributed by atoms with van der Waals surface area (Å²) in [5, 5.41) is 11.0. The minimum Gasteiger partial charge on any atom is -0.339 e. The standard InChI is InChI=1S/C18H17F3N4OS2/c1-24-4-6-25(7-5-24)16(26)11-28-17-12(10-22)13(18(19,20)21)9-14(23-17)15-3-2-8-27-15/h2-3,8-9H,4-7,11H2,1H3. The highest BCUT2D eigenvalue weighted by molar-refractivity contribution is 8.00. The molecule has 1 saturated heterocycles. The van der Waals surface area contributed by atoms with Crippen LogP contribution in [0.5, 0.6) is 0 Å². The van der Waals surface area contributed by atoms with Gasteiger partial charge in [-0.05, 0) is 24.6 Å². The van der Waals surface area contributed by atoms with Gasteiger partial charge < -0.3 is 9.80 Å². The molecule has 0 saturated carbocycles. The van der Waals surface area contributed by atoms with E-state index >= 15 is 0 Å². The first kappa shape index (κ1) is 20.6. The molecule has 1 amide bonds. The van der Waals surface area contributed by atoms with E-state index in [1.54, 1.807) is 28.5 Å². The highest BCUT2D eigenvalue weighted by Crippen LogP contribution is 2.38. The molecule has 0 radical (unpaired) electrons. The number of hydrogen-bond donors (Lipinski definition) is 0. The summed E-state index contributed by atoms with van der Waals surface area (Å²) < 4.78 is 40.5. The molecule has 2 aromatic rings. The number of amides is 1. The van der Waals surface area contributed by atoms with Crippen molar-refractivity contribution in [3.05, 3.63) is 34.7 Å². The fraction of sp³-hybridized carbons (Fsp3) is 0.389. The van der Waals surface area contributed by atoms with Crippen LogP contribution in [0, 0.1) is 11.3 Å². The number of rotatable bonds is 4. The van der Waals surface area contributed by atoms with Crippen molar-refractivity contribution in [3.8, 4) is 16.6 Å². The first-order valence-corrected chi connectivity index (χ1v) is 10.3. The monoisotopic (exact) mass is 426 g/mol. The van der Waals surface area contributed by atoms with Gasteiger partial charge in [0, 0.05) is 26.2 Å². The third-order valence-corrected chi connectivity index (χ3v) is 6.22. The van der Waals surface area contributed by atoms with Crippen LogP contribution in [0.25, 0.3) is 10.6 Å². The molecule has 3 rings (SSSR count). The highest BCUT2D eigenvalue weighted by Gasteiger charge is 2.36. The summed E-state index contributed by atoms with van der Waals surface area (Å²) in [6.45, 7) is 2.67. The van der Waals surface area contributed by atoms with Crippen molar-refractivity contribution < 1.29 is 18.0 Å². The zero-order valence-corrected chi connectivity index (χ0v) is 16.6. The molecule has 2 aromatic heterocycles. The van der Waals surface area contributed by atoms with Gasteiger partial charge in [0.25, 0.3) is 0 Å². The van der Waals surface area contributed by atoms with Crippen LogP contribution < -0.4 is 0 Å². The minimum absolute atomic E-state index is 0.0589. The van der Waals surface area contributed by atoms with E-state index in [0.29, 0.717) is 18.0 Å². The average molecular weight is 426 g/mol. The first-order chi connectivity index (χ1) is 13.3. The van der Waals surface area contributed by atoms with Gasteiger partial charge in [-0.1, -0.05) is 17.8 Å². The number of nitrogens with zero attached hydrogens (tertiary/aromatic N) is 4. The van der Waals surface area contributed by atoms with E-state index in [2.05, 4.69) is 9.88 Å². The summed E-state index contributed by atoms with van der Waals surface area (Å²) in [4.78, 5) is 21.1. The van der Waals surface area contributed by atoms with Crippen LogP contribution in [0.15, 0.2) is 28.6 Å². The van der Waals surface area contributed by atoms with Gasteiger partial charge >= 0.3 is 6.18 Å². The number of pyridine rings is 1. The van der Waals surface area contributed by atoms with Crippen molar-refractivity contribution >= 4 is 29.0 Å². The second kappa shape index (κ2) is 8.51. The molecule has 5 nitrogen and oxygen atoms in total. The Labute approximate surface area is 168 Å². The molecule has 0 unspecified atom stereocenters. The number of thiophene rings is 1. The van der Waals surface area contributed by atoms with Crippen molar-refractivity contribution in [1.29, 1.82) is 5.26 Å². The molecule has 10 heteroatoms. The normalized spacial score (nSPS) is 15.5. The molecule has 0 atom stereocenters. The third-order valence-electron chi connectivity index (χ3n) is 4.37. The van der Waals surface area contributed by atoms with Crippen LogP contribution >= 0.6 is 23.1 Å².